The first-order chi connectivity index (χ1) is 8.92. The molecule has 0 saturated carbocycles. The van der Waals surface area contributed by atoms with E-state index in [4.69, 9.17) is 5.11 Å². The van der Waals surface area contributed by atoms with Crippen molar-refractivity contribution in [3.8, 4) is 0 Å². The monoisotopic (exact) mass is 285 g/mol. The van der Waals surface area contributed by atoms with E-state index < -0.39 is 15.8 Å². The van der Waals surface area contributed by atoms with Crippen LogP contribution in [0.15, 0.2) is 35.2 Å². The number of nitrogens with one attached hydrogen (secondary N) is 1. The van der Waals surface area contributed by atoms with Crippen LogP contribution < -0.4 is 4.72 Å². The van der Waals surface area contributed by atoms with Crippen LogP contribution in [0.4, 0.5) is 4.39 Å². The predicted molar refractivity (Wildman–Crippen MR) is 69.6 cm³/mol. The Hall–Kier alpha value is -1.24. The van der Waals surface area contributed by atoms with E-state index in [0.717, 1.165) is 6.07 Å². The van der Waals surface area contributed by atoms with E-state index in [1.54, 1.807) is 19.1 Å². The van der Waals surface area contributed by atoms with Crippen LogP contribution in [0.1, 0.15) is 12.0 Å². The van der Waals surface area contributed by atoms with Gasteiger partial charge in [0.2, 0.25) is 10.0 Å². The summed E-state index contributed by atoms with van der Waals surface area (Å²) in [5.74, 6) is -0.569. The first-order valence-corrected chi connectivity index (χ1v) is 7.48. The van der Waals surface area contributed by atoms with Crippen LogP contribution in [-0.2, 0) is 10.0 Å². The molecular weight excluding hydrogens is 269 g/mol. The second kappa shape index (κ2) is 5.40. The highest BCUT2D eigenvalue weighted by atomic mass is 32.2. The van der Waals surface area contributed by atoms with Gasteiger partial charge in [-0.3, -0.25) is 0 Å². The molecule has 0 bridgehead atoms. The molecule has 0 radical (unpaired) electrons. The molecule has 0 spiro atoms. The van der Waals surface area contributed by atoms with Crippen molar-refractivity contribution in [1.82, 2.24) is 4.72 Å². The zero-order valence-corrected chi connectivity index (χ0v) is 11.3. The molecule has 1 aliphatic carbocycles. The van der Waals surface area contributed by atoms with Gasteiger partial charge in [0.1, 0.15) is 5.82 Å². The summed E-state index contributed by atoms with van der Waals surface area (Å²) in [4.78, 5) is -0.0866. The number of aliphatic hydroxyl groups excluding tert-OH is 1. The Morgan fingerprint density at radius 3 is 2.74 bits per heavy atom. The Morgan fingerprint density at radius 2 is 2.16 bits per heavy atom. The normalized spacial score (nSPS) is 22.9. The molecule has 6 heteroatoms. The SMILES string of the molecule is Cc1ccc(S(=O)(=O)N[C@@H]2C=C[C@H](CO)C2)cc1F. The third-order valence-electron chi connectivity index (χ3n) is 3.17. The number of benzene rings is 1. The van der Waals surface area contributed by atoms with Crippen LogP contribution in [0.2, 0.25) is 0 Å². The quantitative estimate of drug-likeness (QED) is 0.821. The zero-order valence-electron chi connectivity index (χ0n) is 10.5. The number of aryl methyl sites for hydroxylation is 1. The molecule has 0 aliphatic heterocycles. The third-order valence-corrected chi connectivity index (χ3v) is 4.65. The van der Waals surface area contributed by atoms with Crippen molar-refractivity contribution in [2.45, 2.75) is 24.3 Å². The average molecular weight is 285 g/mol. The molecule has 2 rings (SSSR count). The number of sulfonamides is 1. The molecule has 1 aromatic rings. The summed E-state index contributed by atoms with van der Waals surface area (Å²) < 4.78 is 40.0. The van der Waals surface area contributed by atoms with E-state index in [1.807, 2.05) is 0 Å². The van der Waals surface area contributed by atoms with Gasteiger partial charge in [-0.1, -0.05) is 18.2 Å². The number of hydrogen-bond donors (Lipinski definition) is 2. The van der Waals surface area contributed by atoms with Crippen LogP contribution in [0.25, 0.3) is 0 Å². The molecule has 0 fully saturated rings. The molecule has 2 atom stereocenters. The van der Waals surface area contributed by atoms with E-state index >= 15 is 0 Å². The third kappa shape index (κ3) is 3.20. The second-order valence-electron chi connectivity index (χ2n) is 4.70. The summed E-state index contributed by atoms with van der Waals surface area (Å²) >= 11 is 0. The van der Waals surface area contributed by atoms with Crippen LogP contribution in [-0.4, -0.2) is 26.2 Å². The Kier molecular flexibility index (Phi) is 4.03. The van der Waals surface area contributed by atoms with E-state index in [-0.39, 0.29) is 23.5 Å². The Morgan fingerprint density at radius 1 is 1.42 bits per heavy atom. The van der Waals surface area contributed by atoms with Crippen LogP contribution >= 0.6 is 0 Å². The standard InChI is InChI=1S/C13H16FNO3S/c1-9-2-5-12(7-13(9)14)19(17,18)15-11-4-3-10(6-11)8-16/h2-5,7,10-11,15-16H,6,8H2,1H3/t10-,11+/m0/s1. The van der Waals surface area contributed by atoms with Gasteiger partial charge < -0.3 is 5.11 Å². The van der Waals surface area contributed by atoms with Crippen LogP contribution in [0.3, 0.4) is 0 Å². The number of rotatable bonds is 4. The summed E-state index contributed by atoms with van der Waals surface area (Å²) in [6.45, 7) is 1.57. The maximum atomic E-state index is 13.4. The molecular formula is C13H16FNO3S. The zero-order chi connectivity index (χ0) is 14.0. The topological polar surface area (TPSA) is 66.4 Å². The largest absolute Gasteiger partial charge is 0.396 e. The fourth-order valence-electron chi connectivity index (χ4n) is 2.01. The van der Waals surface area contributed by atoms with Crippen molar-refractivity contribution in [3.63, 3.8) is 0 Å². The molecule has 1 aromatic carbocycles. The Labute approximate surface area is 112 Å². The lowest BCUT2D eigenvalue weighted by atomic mass is 10.1. The lowest BCUT2D eigenvalue weighted by molar-refractivity contribution is 0.248. The van der Waals surface area contributed by atoms with Gasteiger partial charge >= 0.3 is 0 Å². The Bertz CT molecular complexity index is 598. The van der Waals surface area contributed by atoms with Gasteiger partial charge in [-0.15, -0.1) is 0 Å². The van der Waals surface area contributed by atoms with Gasteiger partial charge in [-0.05, 0) is 31.0 Å². The van der Waals surface area contributed by atoms with Gasteiger partial charge in [0.15, 0.2) is 0 Å². The molecule has 0 amide bonds. The van der Waals surface area contributed by atoms with Crippen molar-refractivity contribution in [1.29, 1.82) is 0 Å². The van der Waals surface area contributed by atoms with Crippen molar-refractivity contribution < 1.29 is 17.9 Å². The van der Waals surface area contributed by atoms with Crippen LogP contribution in [0.5, 0.6) is 0 Å². The summed E-state index contributed by atoms with van der Waals surface area (Å²) in [7, 11) is -3.74. The molecule has 4 nitrogen and oxygen atoms in total. The first-order valence-electron chi connectivity index (χ1n) is 6.00. The fraction of sp³-hybridized carbons (Fsp3) is 0.385. The lowest BCUT2D eigenvalue weighted by Gasteiger charge is -2.13. The highest BCUT2D eigenvalue weighted by Crippen LogP contribution is 2.20. The van der Waals surface area contributed by atoms with E-state index in [0.29, 0.717) is 12.0 Å². The minimum atomic E-state index is -3.74. The van der Waals surface area contributed by atoms with Gasteiger partial charge in [-0.2, -0.15) is 0 Å². The van der Waals surface area contributed by atoms with Crippen molar-refractivity contribution in [2.75, 3.05) is 6.61 Å². The van der Waals surface area contributed by atoms with Crippen molar-refractivity contribution in [3.05, 3.63) is 41.7 Å². The molecule has 0 unspecified atom stereocenters. The minimum Gasteiger partial charge on any atom is -0.396 e. The number of hydrogen-bond acceptors (Lipinski definition) is 3. The summed E-state index contributed by atoms with van der Waals surface area (Å²) in [5, 5.41) is 8.99. The average Bonchev–Trinajstić information content (AvgIpc) is 2.79. The van der Waals surface area contributed by atoms with E-state index in [1.165, 1.54) is 12.1 Å². The maximum Gasteiger partial charge on any atom is 0.241 e. The molecule has 1 aliphatic rings. The molecule has 104 valence electrons. The first kappa shape index (κ1) is 14.2. The maximum absolute atomic E-state index is 13.4. The fourth-order valence-corrected chi connectivity index (χ4v) is 3.22. The smallest absolute Gasteiger partial charge is 0.241 e. The van der Waals surface area contributed by atoms with Crippen LogP contribution in [0, 0.1) is 18.7 Å². The van der Waals surface area contributed by atoms with E-state index in [2.05, 4.69) is 4.72 Å². The second-order valence-corrected chi connectivity index (χ2v) is 6.42. The predicted octanol–water partition coefficient (Wildman–Crippen LogP) is 1.35. The summed E-state index contributed by atoms with van der Waals surface area (Å²) in [6.07, 6.45) is 4.01. The highest BCUT2D eigenvalue weighted by Gasteiger charge is 2.24. The Balaban J connectivity index is 2.15. The van der Waals surface area contributed by atoms with E-state index in [9.17, 15) is 12.8 Å². The van der Waals surface area contributed by atoms with Gasteiger partial charge in [0, 0.05) is 18.6 Å². The summed E-state index contributed by atoms with van der Waals surface area (Å²) in [6, 6.07) is 3.47. The summed E-state index contributed by atoms with van der Waals surface area (Å²) in [5.41, 5.74) is 0.403. The number of aliphatic hydroxyl groups is 1. The van der Waals surface area contributed by atoms with Crippen molar-refractivity contribution in [2.24, 2.45) is 5.92 Å². The van der Waals surface area contributed by atoms with Gasteiger partial charge in [-0.25, -0.2) is 17.5 Å². The van der Waals surface area contributed by atoms with Gasteiger partial charge in [0.25, 0.3) is 0 Å². The molecule has 0 saturated heterocycles. The molecule has 2 N–H and O–H groups in total. The highest BCUT2D eigenvalue weighted by molar-refractivity contribution is 7.89. The lowest BCUT2D eigenvalue weighted by Crippen LogP contribution is -2.33. The molecule has 19 heavy (non-hydrogen) atoms. The minimum absolute atomic E-state index is 0.00606. The molecule has 0 aromatic heterocycles. The molecule has 0 heterocycles. The van der Waals surface area contributed by atoms with Crippen molar-refractivity contribution >= 4 is 10.0 Å². The number of halogens is 1. The van der Waals surface area contributed by atoms with Gasteiger partial charge in [0.05, 0.1) is 4.90 Å².